The molecule has 3 heterocycles. The van der Waals surface area contributed by atoms with Crippen molar-refractivity contribution in [1.82, 2.24) is 9.88 Å². The first kappa shape index (κ1) is 11.1. The summed E-state index contributed by atoms with van der Waals surface area (Å²) >= 11 is 0. The zero-order valence-corrected chi connectivity index (χ0v) is 11.3. The lowest BCUT2D eigenvalue weighted by Crippen LogP contribution is -2.42. The molecule has 0 radical (unpaired) electrons. The lowest BCUT2D eigenvalue weighted by Gasteiger charge is -2.34. The highest BCUT2D eigenvalue weighted by molar-refractivity contribution is 5.98. The van der Waals surface area contributed by atoms with Crippen molar-refractivity contribution in [2.24, 2.45) is 5.92 Å². The third-order valence-electron chi connectivity index (χ3n) is 4.32. The fourth-order valence-electron chi connectivity index (χ4n) is 3.42. The number of methoxy groups -OCH3 is 1. The Kier molecular flexibility index (Phi) is 2.27. The smallest absolute Gasteiger partial charge is 0.128 e. The molecule has 1 aromatic carbocycles. The van der Waals surface area contributed by atoms with E-state index in [2.05, 4.69) is 47.3 Å². The molecule has 1 aromatic heterocycles. The van der Waals surface area contributed by atoms with Gasteiger partial charge in [-0.2, -0.15) is 0 Å². The molecular weight excluding hydrogens is 236 g/mol. The van der Waals surface area contributed by atoms with E-state index in [0.717, 1.165) is 18.8 Å². The lowest BCUT2D eigenvalue weighted by molar-refractivity contribution is 0.419. The van der Waals surface area contributed by atoms with Gasteiger partial charge in [-0.3, -0.25) is 0 Å². The predicted octanol–water partition coefficient (Wildman–Crippen LogP) is 2.65. The number of benzene rings is 1. The van der Waals surface area contributed by atoms with Crippen LogP contribution in [0.1, 0.15) is 12.5 Å². The van der Waals surface area contributed by atoms with Gasteiger partial charge in [-0.05, 0) is 29.7 Å². The van der Waals surface area contributed by atoms with Crippen LogP contribution in [0.25, 0.3) is 16.5 Å². The van der Waals surface area contributed by atoms with Gasteiger partial charge in [0.15, 0.2) is 0 Å². The predicted molar refractivity (Wildman–Crippen MR) is 77.4 cm³/mol. The zero-order valence-electron chi connectivity index (χ0n) is 11.3. The first-order valence-corrected chi connectivity index (χ1v) is 6.89. The molecule has 2 aliphatic heterocycles. The number of ether oxygens (including phenoxy) is 1. The largest absolute Gasteiger partial charge is 0.496 e. The van der Waals surface area contributed by atoms with E-state index in [0.29, 0.717) is 12.0 Å². The summed E-state index contributed by atoms with van der Waals surface area (Å²) in [6, 6.07) is 6.91. The molecule has 2 unspecified atom stereocenters. The van der Waals surface area contributed by atoms with Gasteiger partial charge in [-0.15, -0.1) is 0 Å². The monoisotopic (exact) mass is 254 g/mol. The molecule has 19 heavy (non-hydrogen) atoms. The summed E-state index contributed by atoms with van der Waals surface area (Å²) in [5, 5.41) is 4.87. The zero-order chi connectivity index (χ0) is 13.0. The van der Waals surface area contributed by atoms with Gasteiger partial charge in [0, 0.05) is 30.2 Å². The Bertz CT molecular complexity index is 683. The second-order valence-electron chi connectivity index (χ2n) is 5.61. The molecule has 98 valence electrons. The Morgan fingerprint density at radius 2 is 2.21 bits per heavy atom. The molecule has 3 heteroatoms. The van der Waals surface area contributed by atoms with E-state index < -0.39 is 0 Å². The number of fused-ring (bicyclic) bond motifs is 2. The molecule has 0 saturated heterocycles. The van der Waals surface area contributed by atoms with Gasteiger partial charge in [-0.25, -0.2) is 0 Å². The number of nitrogens with one attached hydrogen (secondary N) is 1. The number of nitrogens with zero attached hydrogens (tertiary/aromatic N) is 1. The Labute approximate surface area is 112 Å². The van der Waals surface area contributed by atoms with Gasteiger partial charge < -0.3 is 14.6 Å². The average Bonchev–Trinajstić information content (AvgIpc) is 2.85. The summed E-state index contributed by atoms with van der Waals surface area (Å²) in [6.07, 6.45) is 4.60. The molecular formula is C16H18N2O. The molecule has 3 nitrogen and oxygen atoms in total. The SMILES string of the molecule is COc1ccc2c3c1ccn3CC1NCC(C)C=C21. The van der Waals surface area contributed by atoms with Crippen LogP contribution in [0.15, 0.2) is 30.5 Å². The van der Waals surface area contributed by atoms with Crippen LogP contribution in [0.4, 0.5) is 0 Å². The van der Waals surface area contributed by atoms with E-state index in [1.54, 1.807) is 7.11 Å². The van der Waals surface area contributed by atoms with E-state index in [9.17, 15) is 0 Å². The highest BCUT2D eigenvalue weighted by Crippen LogP contribution is 2.39. The summed E-state index contributed by atoms with van der Waals surface area (Å²) < 4.78 is 7.82. The average molecular weight is 254 g/mol. The number of hydrogen-bond acceptors (Lipinski definition) is 2. The van der Waals surface area contributed by atoms with E-state index in [1.165, 1.54) is 22.0 Å². The molecule has 0 aliphatic carbocycles. The van der Waals surface area contributed by atoms with E-state index in [-0.39, 0.29) is 0 Å². The highest BCUT2D eigenvalue weighted by Gasteiger charge is 2.29. The normalized spacial score (nSPS) is 25.1. The number of hydrogen-bond donors (Lipinski definition) is 1. The molecule has 4 rings (SSSR count). The minimum absolute atomic E-state index is 0.452. The Morgan fingerprint density at radius 1 is 1.32 bits per heavy atom. The fraction of sp³-hybridized carbons (Fsp3) is 0.375. The first-order valence-electron chi connectivity index (χ1n) is 6.89. The van der Waals surface area contributed by atoms with Gasteiger partial charge in [0.25, 0.3) is 0 Å². The lowest BCUT2D eigenvalue weighted by atomic mass is 9.87. The van der Waals surface area contributed by atoms with Crippen molar-refractivity contribution in [1.29, 1.82) is 0 Å². The third-order valence-corrected chi connectivity index (χ3v) is 4.32. The molecule has 0 bridgehead atoms. The van der Waals surface area contributed by atoms with Crippen LogP contribution in [0.5, 0.6) is 5.75 Å². The van der Waals surface area contributed by atoms with Gasteiger partial charge in [0.1, 0.15) is 5.75 Å². The summed E-state index contributed by atoms with van der Waals surface area (Å²) in [5.41, 5.74) is 4.13. The van der Waals surface area contributed by atoms with Crippen molar-refractivity contribution >= 4 is 16.5 Å². The van der Waals surface area contributed by atoms with Crippen LogP contribution in [0.3, 0.4) is 0 Å². The Morgan fingerprint density at radius 3 is 3.05 bits per heavy atom. The minimum atomic E-state index is 0.452. The van der Waals surface area contributed by atoms with Gasteiger partial charge in [-0.1, -0.05) is 13.0 Å². The van der Waals surface area contributed by atoms with Crippen LogP contribution >= 0.6 is 0 Å². The van der Waals surface area contributed by atoms with Gasteiger partial charge in [0.05, 0.1) is 18.7 Å². The second kappa shape index (κ2) is 3.87. The van der Waals surface area contributed by atoms with Crippen LogP contribution in [0, 0.1) is 5.92 Å². The van der Waals surface area contributed by atoms with Crippen molar-refractivity contribution in [3.8, 4) is 5.75 Å². The molecule has 2 aliphatic rings. The molecule has 2 atom stereocenters. The van der Waals surface area contributed by atoms with Crippen molar-refractivity contribution in [2.45, 2.75) is 19.5 Å². The van der Waals surface area contributed by atoms with E-state index in [1.807, 2.05) is 0 Å². The van der Waals surface area contributed by atoms with Gasteiger partial charge >= 0.3 is 0 Å². The van der Waals surface area contributed by atoms with Crippen molar-refractivity contribution in [2.75, 3.05) is 13.7 Å². The summed E-state index contributed by atoms with van der Waals surface area (Å²) in [5.74, 6) is 1.57. The maximum Gasteiger partial charge on any atom is 0.128 e. The second-order valence-corrected chi connectivity index (χ2v) is 5.61. The van der Waals surface area contributed by atoms with Crippen LogP contribution in [-0.2, 0) is 6.54 Å². The molecule has 2 aromatic rings. The molecule has 0 spiro atoms. The first-order chi connectivity index (χ1) is 9.28. The van der Waals surface area contributed by atoms with Crippen LogP contribution < -0.4 is 10.1 Å². The quantitative estimate of drug-likeness (QED) is 0.846. The van der Waals surface area contributed by atoms with Crippen LogP contribution in [0.2, 0.25) is 0 Å². The molecule has 1 N–H and O–H groups in total. The Balaban J connectivity index is 2.01. The van der Waals surface area contributed by atoms with E-state index in [4.69, 9.17) is 4.74 Å². The summed E-state index contributed by atoms with van der Waals surface area (Å²) in [4.78, 5) is 0. The van der Waals surface area contributed by atoms with Gasteiger partial charge in [0.2, 0.25) is 0 Å². The molecule has 0 saturated carbocycles. The summed E-state index contributed by atoms with van der Waals surface area (Å²) in [6.45, 7) is 4.36. The third kappa shape index (κ3) is 1.48. The minimum Gasteiger partial charge on any atom is -0.496 e. The van der Waals surface area contributed by atoms with Crippen molar-refractivity contribution in [3.05, 3.63) is 36.0 Å². The highest BCUT2D eigenvalue weighted by atomic mass is 16.5. The van der Waals surface area contributed by atoms with E-state index >= 15 is 0 Å². The number of aromatic nitrogens is 1. The van der Waals surface area contributed by atoms with Crippen molar-refractivity contribution in [3.63, 3.8) is 0 Å². The molecule has 0 amide bonds. The topological polar surface area (TPSA) is 26.2 Å². The van der Waals surface area contributed by atoms with Crippen molar-refractivity contribution < 1.29 is 4.74 Å². The Hall–Kier alpha value is -1.74. The fourth-order valence-corrected chi connectivity index (χ4v) is 3.42. The maximum absolute atomic E-state index is 5.47. The molecule has 0 fully saturated rings. The van der Waals surface area contributed by atoms with Crippen LogP contribution in [-0.4, -0.2) is 24.3 Å². The standard InChI is InChI=1S/C16H18N2O/c1-10-7-13-11-3-4-15(19-2)12-5-6-18(16(11)12)9-14(13)17-8-10/h3-7,10,14,17H,8-9H2,1-2H3. The maximum atomic E-state index is 5.47. The number of rotatable bonds is 1. The summed E-state index contributed by atoms with van der Waals surface area (Å²) in [7, 11) is 1.74.